The van der Waals surface area contributed by atoms with E-state index in [0.717, 1.165) is 16.1 Å². The molecule has 6 atom stereocenters. The number of phenolic OH excluding ortho intramolecular Hbond substituents is 1. The van der Waals surface area contributed by atoms with Gasteiger partial charge in [0, 0.05) is 11.5 Å². The van der Waals surface area contributed by atoms with E-state index in [4.69, 9.17) is 0 Å². The van der Waals surface area contributed by atoms with Gasteiger partial charge in [0.05, 0.1) is 28.9 Å². The lowest BCUT2D eigenvalue weighted by Crippen LogP contribution is -2.53. The number of phenols is 1. The molecule has 7 rings (SSSR count). The van der Waals surface area contributed by atoms with Crippen molar-refractivity contribution in [1.29, 1.82) is 0 Å². The Morgan fingerprint density at radius 2 is 1.56 bits per heavy atom. The highest BCUT2D eigenvalue weighted by Crippen LogP contribution is 2.64. The lowest BCUT2D eigenvalue weighted by Gasteiger charge is -2.50. The van der Waals surface area contributed by atoms with E-state index in [1.807, 2.05) is 55.5 Å². The van der Waals surface area contributed by atoms with Gasteiger partial charge >= 0.3 is 0 Å². The number of para-hydroxylation sites is 1. The first-order valence-electron chi connectivity index (χ1n) is 14.5. The number of rotatable bonds is 4. The van der Waals surface area contributed by atoms with Gasteiger partial charge in [-0.25, -0.2) is 0 Å². The van der Waals surface area contributed by atoms with Gasteiger partial charge in [-0.3, -0.25) is 29.8 Å². The molecule has 9 nitrogen and oxygen atoms in total. The molecule has 2 saturated heterocycles. The van der Waals surface area contributed by atoms with Gasteiger partial charge in [0.15, 0.2) is 0 Å². The minimum absolute atomic E-state index is 0.00744. The normalized spacial score (nSPS) is 29.7. The predicted molar refractivity (Wildman–Crippen MR) is 155 cm³/mol. The van der Waals surface area contributed by atoms with E-state index >= 15 is 0 Å². The van der Waals surface area contributed by atoms with Crippen LogP contribution in [0.25, 0.3) is 0 Å². The molecule has 3 aromatic rings. The number of nitrogens with zero attached hydrogens (tertiary/aromatic N) is 2. The van der Waals surface area contributed by atoms with Crippen LogP contribution in [-0.2, 0) is 24.6 Å². The number of imide groups is 2. The van der Waals surface area contributed by atoms with Crippen molar-refractivity contribution in [2.45, 2.75) is 38.0 Å². The molecule has 2 heterocycles. The average Bonchev–Trinajstić information content (AvgIpc) is 3.37. The Labute approximate surface area is 248 Å². The van der Waals surface area contributed by atoms with E-state index in [1.54, 1.807) is 37.3 Å². The number of anilines is 1. The SMILES string of the molecule is Cc1ccc(NN2C(=O)[C@@H]3C[C@@H]4C(=CC[C@@H]5C(=O)N(O)C(=O)[C@@H]54)[C@H](c4cccc(C)c4O)[C@]3(c3ccccc3)C2=O)cc1. The van der Waals surface area contributed by atoms with E-state index in [9.17, 15) is 29.5 Å². The fourth-order valence-electron chi connectivity index (χ4n) is 7.99. The third-order valence-electron chi connectivity index (χ3n) is 9.95. The molecule has 1 saturated carbocycles. The standard InChI is InChI=1S/C34H31N3O6/c1-18-11-13-21(14-12-18)35-36-31(40)26-17-25-22(15-16-23-27(25)32(41)37(43)30(23)39)28(24-10-6-7-19(2)29(24)38)34(26,33(36)42)20-8-4-3-5-9-20/h3-15,23,25-28,35,38,43H,16-17H2,1-2H3/t23-,25+,26-,27-,28+,34+/m0/s1. The highest BCUT2D eigenvalue weighted by molar-refractivity contribution is 6.13. The summed E-state index contributed by atoms with van der Waals surface area (Å²) in [5, 5.41) is 23.1. The molecule has 0 aromatic heterocycles. The van der Waals surface area contributed by atoms with Crippen LogP contribution in [0.4, 0.5) is 5.69 Å². The van der Waals surface area contributed by atoms with E-state index < -0.39 is 58.6 Å². The van der Waals surface area contributed by atoms with Gasteiger partial charge in [-0.15, -0.1) is 0 Å². The lowest BCUT2D eigenvalue weighted by atomic mass is 9.49. The number of carbonyl (C=O) groups excluding carboxylic acids is 4. The second-order valence-corrected chi connectivity index (χ2v) is 12.1. The second kappa shape index (κ2) is 9.64. The summed E-state index contributed by atoms with van der Waals surface area (Å²) in [4.78, 5) is 55.5. The summed E-state index contributed by atoms with van der Waals surface area (Å²) < 4.78 is 0. The summed E-state index contributed by atoms with van der Waals surface area (Å²) in [6.45, 7) is 3.71. The van der Waals surface area contributed by atoms with E-state index in [-0.39, 0.29) is 23.7 Å². The van der Waals surface area contributed by atoms with Crippen LogP contribution in [0.5, 0.6) is 5.75 Å². The van der Waals surface area contributed by atoms with Crippen LogP contribution in [0.3, 0.4) is 0 Å². The zero-order valence-corrected chi connectivity index (χ0v) is 23.7. The van der Waals surface area contributed by atoms with Gasteiger partial charge in [0.1, 0.15) is 5.75 Å². The Morgan fingerprint density at radius 1 is 0.837 bits per heavy atom. The van der Waals surface area contributed by atoms with E-state index in [0.29, 0.717) is 22.4 Å². The number of hydrazine groups is 1. The zero-order valence-electron chi connectivity index (χ0n) is 23.7. The monoisotopic (exact) mass is 577 g/mol. The predicted octanol–water partition coefficient (Wildman–Crippen LogP) is 4.38. The first-order chi connectivity index (χ1) is 20.7. The van der Waals surface area contributed by atoms with Crippen LogP contribution in [0.1, 0.15) is 41.0 Å². The van der Waals surface area contributed by atoms with E-state index in [2.05, 4.69) is 5.43 Å². The molecule has 3 N–H and O–H groups in total. The maximum Gasteiger partial charge on any atom is 0.260 e. The molecular formula is C34H31N3O6. The molecule has 0 spiro atoms. The molecule has 0 bridgehead atoms. The number of benzene rings is 3. The average molecular weight is 578 g/mol. The molecule has 0 unspecified atom stereocenters. The summed E-state index contributed by atoms with van der Waals surface area (Å²) in [6.07, 6.45) is 2.20. The van der Waals surface area contributed by atoms with Crippen LogP contribution in [0.15, 0.2) is 84.4 Å². The summed E-state index contributed by atoms with van der Waals surface area (Å²) in [6, 6.07) is 21.8. The van der Waals surface area contributed by atoms with E-state index in [1.165, 1.54) is 0 Å². The Bertz CT molecular complexity index is 1720. The number of nitrogens with one attached hydrogen (secondary N) is 1. The van der Waals surface area contributed by atoms with Crippen LogP contribution in [0, 0.1) is 37.5 Å². The van der Waals surface area contributed by atoms with Gasteiger partial charge in [-0.1, -0.05) is 77.9 Å². The number of aryl methyl sites for hydroxylation is 2. The van der Waals surface area contributed by atoms with Gasteiger partial charge in [-0.2, -0.15) is 10.1 Å². The third-order valence-corrected chi connectivity index (χ3v) is 9.95. The fraction of sp³-hybridized carbons (Fsp3) is 0.294. The Morgan fingerprint density at radius 3 is 2.28 bits per heavy atom. The highest BCUT2D eigenvalue weighted by atomic mass is 16.5. The largest absolute Gasteiger partial charge is 0.507 e. The van der Waals surface area contributed by atoms with Gasteiger partial charge in [0.25, 0.3) is 23.6 Å². The number of fused-ring (bicyclic) bond motifs is 4. The number of carbonyl (C=O) groups is 4. The number of allylic oxidation sites excluding steroid dienone is 2. The second-order valence-electron chi connectivity index (χ2n) is 12.1. The van der Waals surface area contributed by atoms with Crippen LogP contribution in [0.2, 0.25) is 0 Å². The molecule has 3 aromatic carbocycles. The highest BCUT2D eigenvalue weighted by Gasteiger charge is 2.70. The van der Waals surface area contributed by atoms with Crippen molar-refractivity contribution < 1.29 is 29.5 Å². The number of hydrogen-bond donors (Lipinski definition) is 3. The molecule has 9 heteroatoms. The minimum atomic E-state index is -1.46. The molecular weight excluding hydrogens is 546 g/mol. The quantitative estimate of drug-likeness (QED) is 0.239. The molecule has 2 aliphatic carbocycles. The summed E-state index contributed by atoms with van der Waals surface area (Å²) >= 11 is 0. The summed E-state index contributed by atoms with van der Waals surface area (Å²) in [7, 11) is 0. The molecule has 4 amide bonds. The molecule has 4 aliphatic rings. The van der Waals surface area contributed by atoms with Gasteiger partial charge in [0.2, 0.25) is 0 Å². The topological polar surface area (TPSA) is 127 Å². The van der Waals surface area contributed by atoms with Crippen molar-refractivity contribution in [3.8, 4) is 5.75 Å². The number of hydroxylamine groups is 2. The van der Waals surface area contributed by atoms with Crippen molar-refractivity contribution in [3.63, 3.8) is 0 Å². The van der Waals surface area contributed by atoms with Crippen LogP contribution >= 0.6 is 0 Å². The Balaban J connectivity index is 1.48. The Kier molecular flexibility index (Phi) is 6.07. The van der Waals surface area contributed by atoms with Crippen molar-refractivity contribution in [2.24, 2.45) is 23.7 Å². The summed E-state index contributed by atoms with van der Waals surface area (Å²) in [5.41, 5.74) is 5.60. The molecule has 0 radical (unpaired) electrons. The number of amides is 4. The van der Waals surface area contributed by atoms with Crippen LogP contribution < -0.4 is 5.43 Å². The maximum atomic E-state index is 15.0. The molecule has 2 aliphatic heterocycles. The number of hydrogen-bond acceptors (Lipinski definition) is 7. The molecule has 43 heavy (non-hydrogen) atoms. The molecule has 218 valence electrons. The smallest absolute Gasteiger partial charge is 0.260 e. The first kappa shape index (κ1) is 27.1. The number of aromatic hydroxyl groups is 1. The van der Waals surface area contributed by atoms with Crippen molar-refractivity contribution in [1.82, 2.24) is 10.1 Å². The van der Waals surface area contributed by atoms with Crippen molar-refractivity contribution >= 4 is 29.3 Å². The van der Waals surface area contributed by atoms with Gasteiger partial charge in [-0.05, 0) is 55.9 Å². The zero-order chi connectivity index (χ0) is 30.2. The molecule has 3 fully saturated rings. The third kappa shape index (κ3) is 3.67. The fourth-order valence-corrected chi connectivity index (χ4v) is 7.99. The lowest BCUT2D eigenvalue weighted by molar-refractivity contribution is -0.173. The minimum Gasteiger partial charge on any atom is -0.507 e. The van der Waals surface area contributed by atoms with Crippen molar-refractivity contribution in [2.75, 3.05) is 5.43 Å². The maximum absolute atomic E-state index is 15.0. The van der Waals surface area contributed by atoms with Gasteiger partial charge < -0.3 is 5.11 Å². The van der Waals surface area contributed by atoms with Crippen molar-refractivity contribution in [3.05, 3.63) is 107 Å². The summed E-state index contributed by atoms with van der Waals surface area (Å²) in [5.74, 6) is -6.24. The first-order valence-corrected chi connectivity index (χ1v) is 14.5. The van der Waals surface area contributed by atoms with Crippen LogP contribution in [-0.4, -0.2) is 44.0 Å². The Hall–Kier alpha value is -4.76.